The Balaban J connectivity index is 1.30. The van der Waals surface area contributed by atoms with Crippen LogP contribution in [0, 0.1) is 11.7 Å². The van der Waals surface area contributed by atoms with Crippen LogP contribution < -0.4 is 15.5 Å². The Hall–Kier alpha value is -2.44. The molecule has 5 nitrogen and oxygen atoms in total. The molecule has 164 valence electrons. The van der Waals surface area contributed by atoms with E-state index in [2.05, 4.69) is 16.7 Å². The molecule has 0 spiro atoms. The van der Waals surface area contributed by atoms with E-state index in [1.807, 2.05) is 37.2 Å². The number of hydrogen-bond donors (Lipinski definition) is 2. The van der Waals surface area contributed by atoms with E-state index in [0.717, 1.165) is 48.9 Å². The van der Waals surface area contributed by atoms with Crippen molar-refractivity contribution in [3.8, 4) is 0 Å². The van der Waals surface area contributed by atoms with Crippen molar-refractivity contribution in [3.63, 3.8) is 0 Å². The molecule has 7 heteroatoms. The van der Waals surface area contributed by atoms with Gasteiger partial charge in [0, 0.05) is 37.6 Å². The summed E-state index contributed by atoms with van der Waals surface area (Å²) in [5, 5.41) is 8.18. The average Bonchev–Trinajstić information content (AvgIpc) is 2.77. The fourth-order valence-corrected chi connectivity index (χ4v) is 4.45. The lowest BCUT2D eigenvalue weighted by Crippen LogP contribution is -2.31. The van der Waals surface area contributed by atoms with Crippen LogP contribution in [0.3, 0.4) is 0 Å². The Morgan fingerprint density at radius 1 is 1.03 bits per heavy atom. The normalized spacial score (nSPS) is 18.8. The van der Waals surface area contributed by atoms with Crippen molar-refractivity contribution in [2.45, 2.75) is 38.3 Å². The van der Waals surface area contributed by atoms with Crippen molar-refractivity contribution in [3.05, 3.63) is 58.9 Å². The van der Waals surface area contributed by atoms with Crippen molar-refractivity contribution < 1.29 is 4.39 Å². The van der Waals surface area contributed by atoms with E-state index in [4.69, 9.17) is 21.6 Å². The molecule has 1 aliphatic rings. The van der Waals surface area contributed by atoms with Gasteiger partial charge in [0.1, 0.15) is 11.6 Å². The van der Waals surface area contributed by atoms with Gasteiger partial charge in [-0.1, -0.05) is 35.9 Å². The summed E-state index contributed by atoms with van der Waals surface area (Å²) in [6.07, 6.45) is 4.39. The maximum Gasteiger partial charge on any atom is 0.225 e. The minimum absolute atomic E-state index is 0.180. The lowest BCUT2D eigenvalue weighted by molar-refractivity contribution is 0.323. The number of benzene rings is 2. The number of hydrogen-bond acceptors (Lipinski definition) is 5. The first-order chi connectivity index (χ1) is 15.0. The molecular weight excluding hydrogens is 413 g/mol. The van der Waals surface area contributed by atoms with Crippen LogP contribution >= 0.6 is 11.6 Å². The van der Waals surface area contributed by atoms with Gasteiger partial charge >= 0.3 is 0 Å². The summed E-state index contributed by atoms with van der Waals surface area (Å²) in [5.74, 6) is 1.90. The second-order valence-electron chi connectivity index (χ2n) is 8.49. The summed E-state index contributed by atoms with van der Waals surface area (Å²) in [6.45, 7) is 1.39. The predicted molar refractivity (Wildman–Crippen MR) is 126 cm³/mol. The SMILES string of the molecule is CN(C)c1nc(NC2CCC(CNCc3cccc(Cl)c3F)CC2)nc2ccccc12. The number of rotatable bonds is 7. The highest BCUT2D eigenvalue weighted by Crippen LogP contribution is 2.28. The number of nitrogens with zero attached hydrogens (tertiary/aromatic N) is 3. The van der Waals surface area contributed by atoms with Gasteiger partial charge in [-0.05, 0) is 56.3 Å². The number of anilines is 2. The van der Waals surface area contributed by atoms with Crippen molar-refractivity contribution in [2.24, 2.45) is 5.92 Å². The molecule has 1 fully saturated rings. The highest BCUT2D eigenvalue weighted by molar-refractivity contribution is 6.30. The minimum atomic E-state index is -0.322. The minimum Gasteiger partial charge on any atom is -0.362 e. The van der Waals surface area contributed by atoms with E-state index in [1.54, 1.807) is 18.2 Å². The van der Waals surface area contributed by atoms with Gasteiger partial charge in [-0.3, -0.25) is 0 Å². The van der Waals surface area contributed by atoms with Crippen molar-refractivity contribution in [1.82, 2.24) is 15.3 Å². The van der Waals surface area contributed by atoms with Gasteiger partial charge in [0.15, 0.2) is 0 Å². The molecule has 3 aromatic rings. The average molecular weight is 442 g/mol. The highest BCUT2D eigenvalue weighted by atomic mass is 35.5. The van der Waals surface area contributed by atoms with E-state index >= 15 is 0 Å². The van der Waals surface area contributed by atoms with Gasteiger partial charge in [-0.15, -0.1) is 0 Å². The van der Waals surface area contributed by atoms with Gasteiger partial charge in [-0.2, -0.15) is 4.98 Å². The molecule has 0 amide bonds. The third kappa shape index (κ3) is 5.25. The van der Waals surface area contributed by atoms with Crippen LogP contribution in [0.15, 0.2) is 42.5 Å². The first-order valence-electron chi connectivity index (χ1n) is 10.9. The molecule has 0 unspecified atom stereocenters. The third-order valence-electron chi connectivity index (χ3n) is 5.97. The smallest absolute Gasteiger partial charge is 0.225 e. The molecule has 0 saturated heterocycles. The second-order valence-corrected chi connectivity index (χ2v) is 8.90. The molecule has 4 rings (SSSR count). The molecule has 0 aliphatic heterocycles. The number of halogens is 2. The monoisotopic (exact) mass is 441 g/mol. The number of para-hydroxylation sites is 1. The van der Waals surface area contributed by atoms with Crippen molar-refractivity contribution >= 4 is 34.3 Å². The Morgan fingerprint density at radius 2 is 1.81 bits per heavy atom. The Labute approximate surface area is 188 Å². The first kappa shape index (κ1) is 21.8. The molecule has 2 N–H and O–H groups in total. The van der Waals surface area contributed by atoms with E-state index in [1.165, 1.54) is 0 Å². The molecule has 1 aromatic heterocycles. The van der Waals surface area contributed by atoms with Gasteiger partial charge < -0.3 is 15.5 Å². The van der Waals surface area contributed by atoms with Crippen LogP contribution in [0.2, 0.25) is 5.02 Å². The fraction of sp³-hybridized carbons (Fsp3) is 0.417. The van der Waals surface area contributed by atoms with Crippen LogP contribution in [-0.2, 0) is 6.54 Å². The van der Waals surface area contributed by atoms with Gasteiger partial charge in [0.25, 0.3) is 0 Å². The summed E-state index contributed by atoms with van der Waals surface area (Å²) >= 11 is 5.86. The summed E-state index contributed by atoms with van der Waals surface area (Å²) in [4.78, 5) is 11.5. The molecule has 0 atom stereocenters. The Kier molecular flexibility index (Phi) is 6.88. The summed E-state index contributed by atoms with van der Waals surface area (Å²) in [7, 11) is 4.01. The maximum absolute atomic E-state index is 14.0. The topological polar surface area (TPSA) is 53.1 Å². The third-order valence-corrected chi connectivity index (χ3v) is 6.26. The highest BCUT2D eigenvalue weighted by Gasteiger charge is 2.22. The molecular formula is C24H29ClFN5. The maximum atomic E-state index is 14.0. The standard InChI is InChI=1S/C24H29ClFN5/c1-31(2)23-19-7-3-4-9-21(19)29-24(30-23)28-18-12-10-16(11-13-18)14-27-15-17-6-5-8-20(25)22(17)26/h3-9,16,18,27H,10-15H2,1-2H3,(H,28,29,30). The van der Waals surface area contributed by atoms with E-state index in [0.29, 0.717) is 30.0 Å². The van der Waals surface area contributed by atoms with Crippen molar-refractivity contribution in [1.29, 1.82) is 0 Å². The number of fused-ring (bicyclic) bond motifs is 1. The molecule has 1 saturated carbocycles. The molecule has 0 radical (unpaired) electrons. The first-order valence-corrected chi connectivity index (χ1v) is 11.2. The molecule has 1 heterocycles. The molecule has 2 aromatic carbocycles. The van der Waals surface area contributed by atoms with Gasteiger partial charge in [-0.25, -0.2) is 9.37 Å². The van der Waals surface area contributed by atoms with Crippen LogP contribution in [0.25, 0.3) is 10.9 Å². The Morgan fingerprint density at radius 3 is 2.58 bits per heavy atom. The van der Waals surface area contributed by atoms with Gasteiger partial charge in [0.05, 0.1) is 10.5 Å². The zero-order valence-electron chi connectivity index (χ0n) is 18.0. The quantitative estimate of drug-likeness (QED) is 0.524. The van der Waals surface area contributed by atoms with E-state index < -0.39 is 0 Å². The zero-order chi connectivity index (χ0) is 21.8. The summed E-state index contributed by atoms with van der Waals surface area (Å²) < 4.78 is 14.0. The summed E-state index contributed by atoms with van der Waals surface area (Å²) in [6, 6.07) is 13.6. The summed E-state index contributed by atoms with van der Waals surface area (Å²) in [5.41, 5.74) is 1.57. The zero-order valence-corrected chi connectivity index (χ0v) is 18.8. The predicted octanol–water partition coefficient (Wildman–Crippen LogP) is 5.25. The van der Waals surface area contributed by atoms with E-state index in [-0.39, 0.29) is 10.8 Å². The van der Waals surface area contributed by atoms with E-state index in [9.17, 15) is 4.39 Å². The van der Waals surface area contributed by atoms with Gasteiger partial charge in [0.2, 0.25) is 5.95 Å². The van der Waals surface area contributed by atoms with Crippen LogP contribution in [0.4, 0.5) is 16.2 Å². The van der Waals surface area contributed by atoms with Crippen LogP contribution in [0.5, 0.6) is 0 Å². The second kappa shape index (κ2) is 9.79. The molecule has 0 bridgehead atoms. The van der Waals surface area contributed by atoms with Crippen LogP contribution in [0.1, 0.15) is 31.2 Å². The lowest BCUT2D eigenvalue weighted by atomic mass is 9.86. The number of aromatic nitrogens is 2. The molecule has 31 heavy (non-hydrogen) atoms. The Bertz CT molecular complexity index is 1030. The van der Waals surface area contributed by atoms with Crippen molar-refractivity contribution in [2.75, 3.05) is 30.9 Å². The van der Waals surface area contributed by atoms with Crippen LogP contribution in [-0.4, -0.2) is 36.6 Å². The lowest BCUT2D eigenvalue weighted by Gasteiger charge is -2.29. The fourth-order valence-electron chi connectivity index (χ4n) is 4.25. The number of nitrogens with one attached hydrogen (secondary N) is 2. The molecule has 1 aliphatic carbocycles. The largest absolute Gasteiger partial charge is 0.362 e.